The van der Waals surface area contributed by atoms with Crippen molar-refractivity contribution in [2.45, 2.75) is 19.9 Å². The molecule has 0 saturated carbocycles. The predicted molar refractivity (Wildman–Crippen MR) is 47.9 cm³/mol. The maximum atomic E-state index is 12.9. The zero-order chi connectivity index (χ0) is 9.42. The molecule has 0 aliphatic carbocycles. The van der Waals surface area contributed by atoms with Gasteiger partial charge in [0, 0.05) is 12.1 Å². The molecule has 0 atom stereocenters. The number of rotatable bonds is 1. The van der Waals surface area contributed by atoms with Crippen molar-refractivity contribution in [3.05, 3.63) is 24.0 Å². The normalized spacial score (nSPS) is 11.4. The minimum Gasteiger partial charge on any atom is -0.242 e. The van der Waals surface area contributed by atoms with Crippen LogP contribution in [0, 0.1) is 5.82 Å². The highest BCUT2D eigenvalue weighted by atomic mass is 19.1. The molecular formula is C9H10FN3. The molecule has 2 rings (SSSR count). The summed E-state index contributed by atoms with van der Waals surface area (Å²) in [6.07, 6.45) is 0. The van der Waals surface area contributed by atoms with Gasteiger partial charge in [-0.15, -0.1) is 5.10 Å². The van der Waals surface area contributed by atoms with Gasteiger partial charge in [-0.05, 0) is 26.0 Å². The SMILES string of the molecule is CC(C)n1nnc2ccc(F)cc21. The van der Waals surface area contributed by atoms with E-state index in [2.05, 4.69) is 10.3 Å². The van der Waals surface area contributed by atoms with Crippen LogP contribution in [0.15, 0.2) is 18.2 Å². The maximum Gasteiger partial charge on any atom is 0.125 e. The molecule has 0 saturated heterocycles. The van der Waals surface area contributed by atoms with Gasteiger partial charge in [-0.25, -0.2) is 9.07 Å². The zero-order valence-electron chi connectivity index (χ0n) is 7.53. The van der Waals surface area contributed by atoms with Crippen molar-refractivity contribution in [3.8, 4) is 0 Å². The first kappa shape index (κ1) is 8.16. The first-order chi connectivity index (χ1) is 6.18. The molecule has 0 N–H and O–H groups in total. The molecule has 4 heteroatoms. The Balaban J connectivity index is 2.71. The van der Waals surface area contributed by atoms with E-state index in [0.717, 1.165) is 11.0 Å². The average Bonchev–Trinajstić information content (AvgIpc) is 2.46. The van der Waals surface area contributed by atoms with E-state index in [9.17, 15) is 4.39 Å². The molecule has 13 heavy (non-hydrogen) atoms. The summed E-state index contributed by atoms with van der Waals surface area (Å²) in [5, 5.41) is 7.86. The standard InChI is InChI=1S/C9H10FN3/c1-6(2)13-9-5-7(10)3-4-8(9)11-12-13/h3-6H,1-2H3. The lowest BCUT2D eigenvalue weighted by atomic mass is 10.3. The molecule has 1 heterocycles. The van der Waals surface area contributed by atoms with Crippen LogP contribution in [0.4, 0.5) is 4.39 Å². The lowest BCUT2D eigenvalue weighted by Crippen LogP contribution is -2.02. The van der Waals surface area contributed by atoms with Crippen LogP contribution in [0.25, 0.3) is 11.0 Å². The summed E-state index contributed by atoms with van der Waals surface area (Å²) in [6, 6.07) is 4.68. The Morgan fingerprint density at radius 2 is 2.15 bits per heavy atom. The number of fused-ring (bicyclic) bond motifs is 1. The number of benzene rings is 1. The van der Waals surface area contributed by atoms with Gasteiger partial charge in [-0.2, -0.15) is 0 Å². The highest BCUT2D eigenvalue weighted by Gasteiger charge is 2.07. The molecule has 0 aliphatic rings. The van der Waals surface area contributed by atoms with Gasteiger partial charge in [0.1, 0.15) is 11.3 Å². The van der Waals surface area contributed by atoms with Gasteiger partial charge in [0.15, 0.2) is 0 Å². The highest BCUT2D eigenvalue weighted by molar-refractivity contribution is 5.74. The van der Waals surface area contributed by atoms with E-state index >= 15 is 0 Å². The van der Waals surface area contributed by atoms with Gasteiger partial charge in [0.05, 0.1) is 5.52 Å². The quantitative estimate of drug-likeness (QED) is 0.671. The molecule has 1 aromatic heterocycles. The second-order valence-electron chi connectivity index (χ2n) is 3.26. The summed E-state index contributed by atoms with van der Waals surface area (Å²) in [5.74, 6) is -0.253. The first-order valence-corrected chi connectivity index (χ1v) is 4.19. The largest absolute Gasteiger partial charge is 0.242 e. The molecule has 0 bridgehead atoms. The Labute approximate surface area is 75.2 Å². The monoisotopic (exact) mass is 179 g/mol. The fourth-order valence-corrected chi connectivity index (χ4v) is 1.29. The van der Waals surface area contributed by atoms with E-state index in [-0.39, 0.29) is 11.9 Å². The lowest BCUT2D eigenvalue weighted by molar-refractivity contribution is 0.529. The van der Waals surface area contributed by atoms with Gasteiger partial charge in [0.2, 0.25) is 0 Å². The molecular weight excluding hydrogens is 169 g/mol. The summed E-state index contributed by atoms with van der Waals surface area (Å²) >= 11 is 0. The molecule has 0 spiro atoms. The van der Waals surface area contributed by atoms with Crippen molar-refractivity contribution in [3.63, 3.8) is 0 Å². The van der Waals surface area contributed by atoms with Gasteiger partial charge < -0.3 is 0 Å². The van der Waals surface area contributed by atoms with Crippen LogP contribution in [0.5, 0.6) is 0 Å². The number of nitrogens with zero attached hydrogens (tertiary/aromatic N) is 3. The van der Waals surface area contributed by atoms with Gasteiger partial charge in [-0.1, -0.05) is 5.21 Å². The molecule has 2 aromatic rings. The molecule has 0 radical (unpaired) electrons. The molecule has 0 fully saturated rings. The Morgan fingerprint density at radius 1 is 1.38 bits per heavy atom. The molecule has 3 nitrogen and oxygen atoms in total. The fourth-order valence-electron chi connectivity index (χ4n) is 1.29. The Morgan fingerprint density at radius 3 is 2.85 bits per heavy atom. The maximum absolute atomic E-state index is 12.9. The number of halogens is 1. The van der Waals surface area contributed by atoms with Crippen LogP contribution >= 0.6 is 0 Å². The lowest BCUT2D eigenvalue weighted by Gasteiger charge is -2.04. The third-order valence-electron chi connectivity index (χ3n) is 1.92. The molecule has 0 unspecified atom stereocenters. The molecule has 68 valence electrons. The third kappa shape index (κ3) is 1.28. The summed E-state index contributed by atoms with van der Waals surface area (Å²) in [7, 11) is 0. The molecule has 0 aliphatic heterocycles. The number of hydrogen-bond acceptors (Lipinski definition) is 2. The first-order valence-electron chi connectivity index (χ1n) is 4.19. The molecule has 0 amide bonds. The van der Waals surface area contributed by atoms with Crippen LogP contribution in [-0.2, 0) is 0 Å². The van der Waals surface area contributed by atoms with Gasteiger partial charge in [0.25, 0.3) is 0 Å². The topological polar surface area (TPSA) is 30.7 Å². The van der Waals surface area contributed by atoms with Crippen LogP contribution in [0.3, 0.4) is 0 Å². The summed E-state index contributed by atoms with van der Waals surface area (Å²) in [4.78, 5) is 0. The average molecular weight is 179 g/mol. The van der Waals surface area contributed by atoms with E-state index in [1.807, 2.05) is 13.8 Å². The van der Waals surface area contributed by atoms with E-state index in [1.54, 1.807) is 10.7 Å². The minimum absolute atomic E-state index is 0.201. The summed E-state index contributed by atoms with van der Waals surface area (Å²) in [6.45, 7) is 3.97. The molecule has 1 aromatic carbocycles. The summed E-state index contributed by atoms with van der Waals surface area (Å²) in [5.41, 5.74) is 1.48. The van der Waals surface area contributed by atoms with Gasteiger partial charge >= 0.3 is 0 Å². The van der Waals surface area contributed by atoms with Crippen molar-refractivity contribution in [1.29, 1.82) is 0 Å². The number of hydrogen-bond donors (Lipinski definition) is 0. The van der Waals surface area contributed by atoms with Crippen LogP contribution in [-0.4, -0.2) is 15.0 Å². The van der Waals surface area contributed by atoms with Crippen molar-refractivity contribution < 1.29 is 4.39 Å². The fraction of sp³-hybridized carbons (Fsp3) is 0.333. The van der Waals surface area contributed by atoms with E-state index < -0.39 is 0 Å². The number of aromatic nitrogens is 3. The Kier molecular flexibility index (Phi) is 1.76. The zero-order valence-corrected chi connectivity index (χ0v) is 7.53. The third-order valence-corrected chi connectivity index (χ3v) is 1.92. The van der Waals surface area contributed by atoms with Crippen LogP contribution in [0.2, 0.25) is 0 Å². The Bertz CT molecular complexity index is 433. The van der Waals surface area contributed by atoms with Crippen molar-refractivity contribution in [2.75, 3.05) is 0 Å². The van der Waals surface area contributed by atoms with Crippen molar-refractivity contribution in [1.82, 2.24) is 15.0 Å². The summed E-state index contributed by atoms with van der Waals surface area (Å²) < 4.78 is 14.6. The second-order valence-corrected chi connectivity index (χ2v) is 3.26. The van der Waals surface area contributed by atoms with Crippen LogP contribution < -0.4 is 0 Å². The van der Waals surface area contributed by atoms with E-state index in [0.29, 0.717) is 0 Å². The van der Waals surface area contributed by atoms with E-state index in [4.69, 9.17) is 0 Å². The minimum atomic E-state index is -0.253. The Hall–Kier alpha value is -1.45. The smallest absolute Gasteiger partial charge is 0.125 e. The second kappa shape index (κ2) is 2.80. The predicted octanol–water partition coefficient (Wildman–Crippen LogP) is 2.15. The van der Waals surface area contributed by atoms with Gasteiger partial charge in [-0.3, -0.25) is 0 Å². The van der Waals surface area contributed by atoms with E-state index in [1.165, 1.54) is 12.1 Å². The van der Waals surface area contributed by atoms with Crippen molar-refractivity contribution in [2.24, 2.45) is 0 Å². The van der Waals surface area contributed by atoms with Crippen molar-refractivity contribution >= 4 is 11.0 Å². The highest BCUT2D eigenvalue weighted by Crippen LogP contribution is 2.15. The van der Waals surface area contributed by atoms with Crippen LogP contribution in [0.1, 0.15) is 19.9 Å².